The minimum atomic E-state index is -4.50. The highest BCUT2D eigenvalue weighted by atomic mass is 19.4. The number of halogens is 3. The number of hydrogen-bond donors (Lipinski definition) is 1. The maximum absolute atomic E-state index is 12.4. The molecule has 0 heterocycles. The summed E-state index contributed by atoms with van der Waals surface area (Å²) in [5, 5.41) is 9.69. The van der Waals surface area contributed by atoms with Crippen LogP contribution in [0.5, 0.6) is 5.75 Å². The Balaban J connectivity index is 2.45. The largest absolute Gasteiger partial charge is 0.508 e. The molecule has 0 amide bonds. The molecule has 1 aromatic rings. The van der Waals surface area contributed by atoms with Crippen LogP contribution in [-0.2, 0) is 16.5 Å². The van der Waals surface area contributed by atoms with Gasteiger partial charge in [0.15, 0.2) is 0 Å². The van der Waals surface area contributed by atoms with Crippen molar-refractivity contribution in [3.63, 3.8) is 0 Å². The number of benzene rings is 1. The van der Waals surface area contributed by atoms with E-state index in [1.54, 1.807) is 0 Å². The second-order valence-corrected chi connectivity index (χ2v) is 4.32. The molecule has 6 heteroatoms. The van der Waals surface area contributed by atoms with Gasteiger partial charge in [0.1, 0.15) is 11.3 Å². The van der Waals surface area contributed by atoms with E-state index in [2.05, 4.69) is 4.99 Å². The lowest BCUT2D eigenvalue weighted by Crippen LogP contribution is -2.32. The summed E-state index contributed by atoms with van der Waals surface area (Å²) in [6.45, 7) is 0. The Labute approximate surface area is 101 Å². The molecule has 0 unspecified atom stereocenters. The first-order valence-electron chi connectivity index (χ1n) is 5.39. The Bertz CT molecular complexity index is 515. The van der Waals surface area contributed by atoms with Crippen molar-refractivity contribution in [2.45, 2.75) is 31.0 Å². The summed E-state index contributed by atoms with van der Waals surface area (Å²) in [4.78, 5) is 14.0. The molecule has 1 saturated carbocycles. The molecule has 0 bridgehead atoms. The van der Waals surface area contributed by atoms with Crippen LogP contribution in [0.15, 0.2) is 23.2 Å². The molecule has 18 heavy (non-hydrogen) atoms. The molecule has 0 saturated heterocycles. The predicted octanol–water partition coefficient (Wildman–Crippen LogP) is 3.13. The number of aromatic hydroxyl groups is 1. The summed E-state index contributed by atoms with van der Waals surface area (Å²) in [7, 11) is 0. The molecule has 1 aromatic carbocycles. The molecule has 1 fully saturated rings. The van der Waals surface area contributed by atoms with Gasteiger partial charge in [-0.25, -0.2) is 4.79 Å². The summed E-state index contributed by atoms with van der Waals surface area (Å²) < 4.78 is 37.3. The molecule has 2 rings (SSSR count). The van der Waals surface area contributed by atoms with Gasteiger partial charge in [0.2, 0.25) is 6.08 Å². The first kappa shape index (κ1) is 12.6. The van der Waals surface area contributed by atoms with Gasteiger partial charge >= 0.3 is 6.18 Å². The van der Waals surface area contributed by atoms with Crippen molar-refractivity contribution in [3.05, 3.63) is 29.3 Å². The number of nitrogens with zero attached hydrogens (tertiary/aromatic N) is 1. The van der Waals surface area contributed by atoms with Crippen LogP contribution < -0.4 is 0 Å². The van der Waals surface area contributed by atoms with Gasteiger partial charge in [0.25, 0.3) is 0 Å². The van der Waals surface area contributed by atoms with E-state index in [1.807, 2.05) is 0 Å². The van der Waals surface area contributed by atoms with Crippen molar-refractivity contribution in [1.82, 2.24) is 0 Å². The van der Waals surface area contributed by atoms with Crippen molar-refractivity contribution in [2.24, 2.45) is 4.99 Å². The van der Waals surface area contributed by atoms with Gasteiger partial charge in [-0.15, -0.1) is 0 Å². The number of phenols is 1. The van der Waals surface area contributed by atoms with E-state index in [0.29, 0.717) is 18.9 Å². The van der Waals surface area contributed by atoms with Gasteiger partial charge in [-0.05, 0) is 31.4 Å². The Kier molecular flexibility index (Phi) is 2.91. The second kappa shape index (κ2) is 4.14. The molecule has 0 spiro atoms. The van der Waals surface area contributed by atoms with E-state index in [0.717, 1.165) is 12.5 Å². The zero-order valence-corrected chi connectivity index (χ0v) is 9.29. The highest BCUT2D eigenvalue weighted by Gasteiger charge is 2.41. The summed E-state index contributed by atoms with van der Waals surface area (Å²) in [6.07, 6.45) is -1.21. The third kappa shape index (κ3) is 1.99. The van der Waals surface area contributed by atoms with E-state index in [-0.39, 0.29) is 5.56 Å². The molecule has 1 aliphatic rings. The van der Waals surface area contributed by atoms with E-state index in [4.69, 9.17) is 0 Å². The Morgan fingerprint density at radius 3 is 2.39 bits per heavy atom. The monoisotopic (exact) mass is 257 g/mol. The lowest BCUT2D eigenvalue weighted by atomic mass is 9.72. The van der Waals surface area contributed by atoms with Gasteiger partial charge in [-0.3, -0.25) is 0 Å². The lowest BCUT2D eigenvalue weighted by Gasteiger charge is -2.37. The first-order chi connectivity index (χ1) is 8.39. The average Bonchev–Trinajstić information content (AvgIpc) is 2.22. The fourth-order valence-electron chi connectivity index (χ4n) is 2.14. The maximum Gasteiger partial charge on any atom is 0.416 e. The lowest BCUT2D eigenvalue weighted by molar-refractivity contribution is -0.137. The SMILES string of the molecule is O=C=NC1(c2ccc(C(F)(F)F)cc2O)CCC1. The highest BCUT2D eigenvalue weighted by molar-refractivity contribution is 5.46. The molecule has 1 aliphatic carbocycles. The smallest absolute Gasteiger partial charge is 0.416 e. The highest BCUT2D eigenvalue weighted by Crippen LogP contribution is 2.48. The predicted molar refractivity (Wildman–Crippen MR) is 56.8 cm³/mol. The molecular formula is C12H10F3NO2. The molecule has 0 atom stereocenters. The Morgan fingerprint density at radius 2 is 2.00 bits per heavy atom. The molecular weight excluding hydrogens is 247 g/mol. The topological polar surface area (TPSA) is 49.7 Å². The number of aliphatic imine (C=N–C) groups is 1. The quantitative estimate of drug-likeness (QED) is 0.653. The minimum Gasteiger partial charge on any atom is -0.508 e. The van der Waals surface area contributed by atoms with Crippen molar-refractivity contribution in [1.29, 1.82) is 0 Å². The average molecular weight is 257 g/mol. The third-order valence-corrected chi connectivity index (χ3v) is 3.27. The first-order valence-corrected chi connectivity index (χ1v) is 5.39. The molecule has 0 aromatic heterocycles. The van der Waals surface area contributed by atoms with Gasteiger partial charge in [0, 0.05) is 5.56 Å². The zero-order valence-electron chi connectivity index (χ0n) is 9.29. The van der Waals surface area contributed by atoms with Gasteiger partial charge in [0.05, 0.1) is 5.56 Å². The summed E-state index contributed by atoms with van der Waals surface area (Å²) in [6, 6.07) is 2.73. The van der Waals surface area contributed by atoms with Crippen LogP contribution in [0.1, 0.15) is 30.4 Å². The summed E-state index contributed by atoms with van der Waals surface area (Å²) in [5.41, 5.74) is -1.56. The van der Waals surface area contributed by atoms with Crippen LogP contribution >= 0.6 is 0 Å². The second-order valence-electron chi connectivity index (χ2n) is 4.32. The van der Waals surface area contributed by atoms with Crippen LogP contribution in [0.25, 0.3) is 0 Å². The van der Waals surface area contributed by atoms with E-state index < -0.39 is 23.0 Å². The Hall–Kier alpha value is -1.81. The van der Waals surface area contributed by atoms with Crippen LogP contribution in [0, 0.1) is 0 Å². The van der Waals surface area contributed by atoms with Crippen LogP contribution in [-0.4, -0.2) is 11.2 Å². The van der Waals surface area contributed by atoms with Crippen LogP contribution in [0.2, 0.25) is 0 Å². The zero-order chi connectivity index (χ0) is 13.4. The number of alkyl halides is 3. The van der Waals surface area contributed by atoms with Gasteiger partial charge in [-0.1, -0.05) is 6.07 Å². The summed E-state index contributed by atoms with van der Waals surface area (Å²) in [5.74, 6) is -0.483. The molecule has 96 valence electrons. The van der Waals surface area contributed by atoms with Crippen LogP contribution in [0.3, 0.4) is 0 Å². The van der Waals surface area contributed by atoms with Crippen molar-refractivity contribution in [3.8, 4) is 5.75 Å². The van der Waals surface area contributed by atoms with Crippen molar-refractivity contribution in [2.75, 3.05) is 0 Å². The third-order valence-electron chi connectivity index (χ3n) is 3.27. The fourth-order valence-corrected chi connectivity index (χ4v) is 2.14. The maximum atomic E-state index is 12.4. The van der Waals surface area contributed by atoms with Gasteiger partial charge < -0.3 is 5.11 Å². The number of phenolic OH excluding ortho intramolecular Hbond substituents is 1. The van der Waals surface area contributed by atoms with Gasteiger partial charge in [-0.2, -0.15) is 18.2 Å². The molecule has 0 aliphatic heterocycles. The van der Waals surface area contributed by atoms with Crippen LogP contribution in [0.4, 0.5) is 13.2 Å². The molecule has 3 nitrogen and oxygen atoms in total. The Morgan fingerprint density at radius 1 is 1.33 bits per heavy atom. The number of rotatable bonds is 2. The molecule has 0 radical (unpaired) electrons. The van der Waals surface area contributed by atoms with E-state index in [1.165, 1.54) is 12.1 Å². The van der Waals surface area contributed by atoms with Crippen molar-refractivity contribution < 1.29 is 23.1 Å². The number of isocyanates is 1. The summed E-state index contributed by atoms with van der Waals surface area (Å²) >= 11 is 0. The number of hydrogen-bond acceptors (Lipinski definition) is 3. The number of carbonyl (C=O) groups excluding carboxylic acids is 1. The minimum absolute atomic E-state index is 0.255. The standard InChI is InChI=1S/C12H10F3NO2/c13-12(14,15)8-2-3-9(10(18)6-8)11(16-7-17)4-1-5-11/h2-3,6,18H,1,4-5H2. The van der Waals surface area contributed by atoms with Crippen molar-refractivity contribution >= 4 is 6.08 Å². The van der Waals surface area contributed by atoms with E-state index in [9.17, 15) is 23.1 Å². The molecule has 1 N–H and O–H groups in total. The normalized spacial score (nSPS) is 17.7. The van der Waals surface area contributed by atoms with E-state index >= 15 is 0 Å². The fraction of sp³-hybridized carbons (Fsp3) is 0.417.